The van der Waals surface area contributed by atoms with E-state index in [2.05, 4.69) is 23.8 Å². The molecule has 0 N–H and O–H groups in total. The largest absolute Gasteiger partial charge is 0.294 e. The van der Waals surface area contributed by atoms with Gasteiger partial charge in [-0.3, -0.25) is 9.80 Å². The highest BCUT2D eigenvalue weighted by Gasteiger charge is 2.11. The molecule has 0 aromatic heterocycles. The first-order valence-corrected chi connectivity index (χ1v) is 4.24. The summed E-state index contributed by atoms with van der Waals surface area (Å²) in [5, 5.41) is 0. The second-order valence-corrected chi connectivity index (χ2v) is 3.14. The average Bonchev–Trinajstić information content (AvgIpc) is 2.40. The normalized spacial score (nSPS) is 20.7. The van der Waals surface area contributed by atoms with Gasteiger partial charge in [0, 0.05) is 0 Å². The van der Waals surface area contributed by atoms with Crippen LogP contribution in [0.3, 0.4) is 0 Å². The summed E-state index contributed by atoms with van der Waals surface area (Å²) in [6, 6.07) is 0. The third-order valence-electron chi connectivity index (χ3n) is 2.18. The van der Waals surface area contributed by atoms with Crippen molar-refractivity contribution < 1.29 is 0 Å². The minimum atomic E-state index is 1.16. The van der Waals surface area contributed by atoms with Gasteiger partial charge in [0.25, 0.3) is 0 Å². The molecular formula is C8H18N2. The minimum Gasteiger partial charge on any atom is -0.294 e. The highest BCUT2D eigenvalue weighted by molar-refractivity contribution is 4.64. The molecule has 0 aromatic carbocycles. The van der Waals surface area contributed by atoms with Crippen molar-refractivity contribution in [2.75, 3.05) is 33.4 Å². The number of nitrogens with zero attached hydrogens (tertiary/aromatic N) is 2. The van der Waals surface area contributed by atoms with E-state index in [1.54, 1.807) is 0 Å². The third-order valence-corrected chi connectivity index (χ3v) is 2.18. The summed E-state index contributed by atoms with van der Waals surface area (Å²) in [6.07, 6.45) is 2.80. The Morgan fingerprint density at radius 2 is 1.90 bits per heavy atom. The van der Waals surface area contributed by atoms with Crippen LogP contribution in [0.1, 0.15) is 19.8 Å². The molecule has 10 heavy (non-hydrogen) atoms. The number of hydrogen-bond donors (Lipinski definition) is 0. The van der Waals surface area contributed by atoms with Gasteiger partial charge in [-0.05, 0) is 39.5 Å². The molecule has 60 valence electrons. The molecule has 0 saturated carbocycles. The quantitative estimate of drug-likeness (QED) is 0.580. The van der Waals surface area contributed by atoms with Crippen molar-refractivity contribution in [1.29, 1.82) is 0 Å². The van der Waals surface area contributed by atoms with E-state index in [0.29, 0.717) is 0 Å². The molecule has 1 rings (SSSR count). The molecule has 1 saturated heterocycles. The predicted octanol–water partition coefficient (Wildman–Crippen LogP) is 0.991. The summed E-state index contributed by atoms with van der Waals surface area (Å²) in [5.74, 6) is 0. The monoisotopic (exact) mass is 142 g/mol. The molecule has 2 nitrogen and oxygen atoms in total. The van der Waals surface area contributed by atoms with E-state index in [9.17, 15) is 0 Å². The van der Waals surface area contributed by atoms with E-state index in [1.807, 2.05) is 0 Å². The number of likely N-dealkylation sites (tertiary alicyclic amines) is 1. The standard InChI is InChI=1S/C8H18N2/c1-3-9(2)8-10-6-4-5-7-10/h3-8H2,1-2H3. The second-order valence-electron chi connectivity index (χ2n) is 3.14. The van der Waals surface area contributed by atoms with E-state index >= 15 is 0 Å². The summed E-state index contributed by atoms with van der Waals surface area (Å²) >= 11 is 0. The fourth-order valence-corrected chi connectivity index (χ4v) is 1.37. The second kappa shape index (κ2) is 3.94. The van der Waals surface area contributed by atoms with Crippen LogP contribution in [0, 0.1) is 0 Å². The lowest BCUT2D eigenvalue weighted by Crippen LogP contribution is -2.33. The number of rotatable bonds is 3. The third kappa shape index (κ3) is 2.27. The Morgan fingerprint density at radius 3 is 2.40 bits per heavy atom. The van der Waals surface area contributed by atoms with Crippen molar-refractivity contribution in [2.45, 2.75) is 19.8 Å². The molecule has 1 heterocycles. The van der Waals surface area contributed by atoms with Gasteiger partial charge in [-0.25, -0.2) is 0 Å². The van der Waals surface area contributed by atoms with Gasteiger partial charge in [-0.1, -0.05) is 6.92 Å². The van der Waals surface area contributed by atoms with Gasteiger partial charge in [0.05, 0.1) is 6.67 Å². The van der Waals surface area contributed by atoms with Crippen LogP contribution < -0.4 is 0 Å². The lowest BCUT2D eigenvalue weighted by Gasteiger charge is -2.21. The smallest absolute Gasteiger partial charge is 0.0503 e. The van der Waals surface area contributed by atoms with Crippen molar-refractivity contribution >= 4 is 0 Å². The molecule has 0 amide bonds. The maximum Gasteiger partial charge on any atom is 0.0503 e. The Balaban J connectivity index is 2.11. The molecule has 0 unspecified atom stereocenters. The summed E-state index contributed by atoms with van der Waals surface area (Å²) in [5.41, 5.74) is 0. The topological polar surface area (TPSA) is 6.48 Å². The van der Waals surface area contributed by atoms with Gasteiger partial charge in [0.2, 0.25) is 0 Å². The molecule has 2 heteroatoms. The Bertz CT molecular complexity index is 87.3. The summed E-state index contributed by atoms with van der Waals surface area (Å²) in [7, 11) is 2.18. The van der Waals surface area contributed by atoms with Crippen LogP contribution in [0.5, 0.6) is 0 Å². The molecule has 0 bridgehead atoms. The molecule has 1 aliphatic heterocycles. The molecule has 0 spiro atoms. The fourth-order valence-electron chi connectivity index (χ4n) is 1.37. The van der Waals surface area contributed by atoms with Crippen LogP contribution in [-0.4, -0.2) is 43.2 Å². The molecule has 0 atom stereocenters. The van der Waals surface area contributed by atoms with Crippen molar-refractivity contribution in [3.8, 4) is 0 Å². The van der Waals surface area contributed by atoms with Gasteiger partial charge in [-0.2, -0.15) is 0 Å². The van der Waals surface area contributed by atoms with E-state index in [-0.39, 0.29) is 0 Å². The zero-order chi connectivity index (χ0) is 7.40. The SMILES string of the molecule is CCN(C)CN1CCCC1. The Kier molecular flexibility index (Phi) is 3.16. The Hall–Kier alpha value is -0.0800. The van der Waals surface area contributed by atoms with Crippen molar-refractivity contribution in [3.63, 3.8) is 0 Å². The van der Waals surface area contributed by atoms with Gasteiger partial charge in [0.1, 0.15) is 0 Å². The van der Waals surface area contributed by atoms with E-state index < -0.39 is 0 Å². The van der Waals surface area contributed by atoms with E-state index in [4.69, 9.17) is 0 Å². The highest BCUT2D eigenvalue weighted by Crippen LogP contribution is 2.06. The first-order valence-electron chi connectivity index (χ1n) is 4.24. The maximum atomic E-state index is 2.52. The Morgan fingerprint density at radius 1 is 1.30 bits per heavy atom. The zero-order valence-corrected chi connectivity index (χ0v) is 7.14. The van der Waals surface area contributed by atoms with Crippen LogP contribution in [0.25, 0.3) is 0 Å². The van der Waals surface area contributed by atoms with Gasteiger partial charge < -0.3 is 0 Å². The lowest BCUT2D eigenvalue weighted by molar-refractivity contribution is 0.189. The lowest BCUT2D eigenvalue weighted by atomic mass is 10.4. The average molecular weight is 142 g/mol. The summed E-state index contributed by atoms with van der Waals surface area (Å²) < 4.78 is 0. The molecule has 0 aromatic rings. The van der Waals surface area contributed by atoms with E-state index in [1.165, 1.54) is 25.9 Å². The number of hydrogen-bond acceptors (Lipinski definition) is 2. The van der Waals surface area contributed by atoms with Crippen molar-refractivity contribution in [1.82, 2.24) is 9.80 Å². The zero-order valence-electron chi connectivity index (χ0n) is 7.14. The van der Waals surface area contributed by atoms with Gasteiger partial charge in [-0.15, -0.1) is 0 Å². The molecule has 1 fully saturated rings. The summed E-state index contributed by atoms with van der Waals surface area (Å²) in [4.78, 5) is 4.87. The van der Waals surface area contributed by atoms with Crippen LogP contribution in [-0.2, 0) is 0 Å². The van der Waals surface area contributed by atoms with Crippen LogP contribution >= 0.6 is 0 Å². The highest BCUT2D eigenvalue weighted by atomic mass is 15.3. The Labute approximate surface area is 63.8 Å². The van der Waals surface area contributed by atoms with Gasteiger partial charge >= 0.3 is 0 Å². The van der Waals surface area contributed by atoms with Gasteiger partial charge in [0.15, 0.2) is 0 Å². The first-order chi connectivity index (χ1) is 4.83. The van der Waals surface area contributed by atoms with E-state index in [0.717, 1.165) is 13.2 Å². The first kappa shape index (κ1) is 8.02. The molecule has 0 radical (unpaired) electrons. The predicted molar refractivity (Wildman–Crippen MR) is 44.0 cm³/mol. The molecular weight excluding hydrogens is 124 g/mol. The van der Waals surface area contributed by atoms with Crippen LogP contribution in [0.2, 0.25) is 0 Å². The van der Waals surface area contributed by atoms with Crippen molar-refractivity contribution in [2.24, 2.45) is 0 Å². The fraction of sp³-hybridized carbons (Fsp3) is 1.00. The van der Waals surface area contributed by atoms with Crippen molar-refractivity contribution in [3.05, 3.63) is 0 Å². The summed E-state index contributed by atoms with van der Waals surface area (Å²) in [6.45, 7) is 7.15. The van der Waals surface area contributed by atoms with Crippen LogP contribution in [0.4, 0.5) is 0 Å². The molecule has 0 aliphatic carbocycles. The van der Waals surface area contributed by atoms with Crippen LogP contribution in [0.15, 0.2) is 0 Å². The minimum absolute atomic E-state index is 1.16. The maximum absolute atomic E-state index is 2.52. The molecule has 1 aliphatic rings.